The lowest BCUT2D eigenvalue weighted by Crippen LogP contribution is -2.54. The number of urea groups is 1. The van der Waals surface area contributed by atoms with E-state index in [4.69, 9.17) is 11.6 Å². The Morgan fingerprint density at radius 1 is 1.28 bits per heavy atom. The lowest BCUT2D eigenvalue weighted by Gasteiger charge is -2.36. The molecule has 0 unspecified atom stereocenters. The van der Waals surface area contributed by atoms with E-state index in [-0.39, 0.29) is 24.9 Å². The number of amides is 5. The molecular weight excluding hydrogens is 396 g/mol. The van der Waals surface area contributed by atoms with Gasteiger partial charge in [0.1, 0.15) is 12.1 Å². The number of nitrogens with zero attached hydrogens (tertiary/aromatic N) is 2. The highest BCUT2D eigenvalue weighted by Gasteiger charge is 2.55. The van der Waals surface area contributed by atoms with Crippen LogP contribution in [0.15, 0.2) is 24.3 Å². The Morgan fingerprint density at radius 3 is 2.62 bits per heavy atom. The van der Waals surface area contributed by atoms with Crippen molar-refractivity contribution in [2.24, 2.45) is 5.92 Å². The number of nitrogens with one attached hydrogen (secondary N) is 2. The second-order valence-corrected chi connectivity index (χ2v) is 8.18. The molecule has 156 valence electrons. The topological polar surface area (TPSA) is 98.8 Å². The van der Waals surface area contributed by atoms with E-state index in [2.05, 4.69) is 10.6 Å². The zero-order valence-corrected chi connectivity index (χ0v) is 17.3. The number of carbonyl (C=O) groups excluding carboxylic acids is 4. The third-order valence-electron chi connectivity index (χ3n) is 5.73. The average molecular weight is 421 g/mol. The summed E-state index contributed by atoms with van der Waals surface area (Å²) in [6.07, 6.45) is 3.33. The second-order valence-electron chi connectivity index (χ2n) is 7.74. The van der Waals surface area contributed by atoms with Gasteiger partial charge >= 0.3 is 6.03 Å². The molecule has 1 aromatic rings. The molecule has 1 saturated carbocycles. The van der Waals surface area contributed by atoms with E-state index in [1.54, 1.807) is 24.3 Å². The maximum atomic E-state index is 12.9. The van der Waals surface area contributed by atoms with Gasteiger partial charge in [0, 0.05) is 17.8 Å². The first kappa shape index (κ1) is 21.1. The normalized spacial score (nSPS) is 23.8. The number of likely N-dealkylation sites (N-methyl/N-ethyl adjacent to an activating group) is 1. The molecular formula is C20H25ClN4O4. The summed E-state index contributed by atoms with van der Waals surface area (Å²) in [4.78, 5) is 52.2. The monoisotopic (exact) mass is 420 g/mol. The molecule has 5 amide bonds. The molecule has 0 radical (unpaired) electrons. The van der Waals surface area contributed by atoms with Gasteiger partial charge in [0.15, 0.2) is 0 Å². The van der Waals surface area contributed by atoms with E-state index >= 15 is 0 Å². The van der Waals surface area contributed by atoms with Crippen molar-refractivity contribution in [3.8, 4) is 0 Å². The molecule has 0 aromatic heterocycles. The Morgan fingerprint density at radius 2 is 1.97 bits per heavy atom. The molecule has 2 atom stereocenters. The van der Waals surface area contributed by atoms with Crippen molar-refractivity contribution in [1.29, 1.82) is 0 Å². The second kappa shape index (κ2) is 8.41. The van der Waals surface area contributed by atoms with Crippen LogP contribution in [0.5, 0.6) is 0 Å². The predicted molar refractivity (Wildman–Crippen MR) is 108 cm³/mol. The summed E-state index contributed by atoms with van der Waals surface area (Å²) in [5.74, 6) is -1.20. The Hall–Kier alpha value is -2.61. The van der Waals surface area contributed by atoms with Crippen molar-refractivity contribution in [3.05, 3.63) is 29.3 Å². The van der Waals surface area contributed by atoms with Gasteiger partial charge < -0.3 is 15.5 Å². The van der Waals surface area contributed by atoms with Crippen LogP contribution in [-0.2, 0) is 14.4 Å². The standard InChI is InChI=1S/C20H25ClN4O4/c1-13-5-3-4-10-20(13)18(28)25(19(29)23-20)12-17(27)24(2)11-16(26)22-15-8-6-14(21)7-9-15/h6-9,13H,3-5,10-12H2,1-2H3,(H,22,26)(H,23,29)/t13-,20+/m0/s1. The lowest BCUT2D eigenvalue weighted by atomic mass is 9.73. The fourth-order valence-corrected chi connectivity index (χ4v) is 4.06. The van der Waals surface area contributed by atoms with Gasteiger partial charge in [0.25, 0.3) is 5.91 Å². The van der Waals surface area contributed by atoms with E-state index in [0.717, 1.165) is 24.2 Å². The fraction of sp³-hybridized carbons (Fsp3) is 0.500. The Labute approximate surface area is 174 Å². The van der Waals surface area contributed by atoms with Crippen LogP contribution >= 0.6 is 11.6 Å². The van der Waals surface area contributed by atoms with Crippen molar-refractivity contribution in [1.82, 2.24) is 15.1 Å². The van der Waals surface area contributed by atoms with Crippen LogP contribution in [0.25, 0.3) is 0 Å². The molecule has 1 aliphatic heterocycles. The van der Waals surface area contributed by atoms with Gasteiger partial charge in [-0.1, -0.05) is 31.4 Å². The largest absolute Gasteiger partial charge is 0.335 e. The van der Waals surface area contributed by atoms with Gasteiger partial charge in [0.05, 0.1) is 6.54 Å². The van der Waals surface area contributed by atoms with Crippen molar-refractivity contribution in [2.45, 2.75) is 38.1 Å². The van der Waals surface area contributed by atoms with Gasteiger partial charge in [-0.25, -0.2) is 4.79 Å². The molecule has 29 heavy (non-hydrogen) atoms. The quantitative estimate of drug-likeness (QED) is 0.713. The fourth-order valence-electron chi connectivity index (χ4n) is 3.93. The summed E-state index contributed by atoms with van der Waals surface area (Å²) < 4.78 is 0. The zero-order valence-electron chi connectivity index (χ0n) is 16.5. The summed E-state index contributed by atoms with van der Waals surface area (Å²) in [5, 5.41) is 6.03. The molecule has 1 spiro atoms. The van der Waals surface area contributed by atoms with Gasteiger partial charge in [-0.05, 0) is 43.0 Å². The number of hydrogen-bond acceptors (Lipinski definition) is 4. The van der Waals surface area contributed by atoms with E-state index < -0.39 is 23.4 Å². The highest BCUT2D eigenvalue weighted by molar-refractivity contribution is 6.30. The Bertz CT molecular complexity index is 828. The van der Waals surface area contributed by atoms with Gasteiger partial charge in [-0.15, -0.1) is 0 Å². The van der Waals surface area contributed by atoms with E-state index in [1.165, 1.54) is 11.9 Å². The number of hydrogen-bond donors (Lipinski definition) is 2. The minimum Gasteiger partial charge on any atom is -0.335 e. The van der Waals surface area contributed by atoms with E-state index in [9.17, 15) is 19.2 Å². The van der Waals surface area contributed by atoms with Crippen molar-refractivity contribution in [2.75, 3.05) is 25.5 Å². The van der Waals surface area contributed by atoms with Crippen molar-refractivity contribution >= 4 is 41.0 Å². The van der Waals surface area contributed by atoms with Crippen molar-refractivity contribution < 1.29 is 19.2 Å². The molecule has 2 fully saturated rings. The molecule has 9 heteroatoms. The van der Waals surface area contributed by atoms with Crippen molar-refractivity contribution in [3.63, 3.8) is 0 Å². The average Bonchev–Trinajstić information content (AvgIpc) is 2.91. The lowest BCUT2D eigenvalue weighted by molar-refractivity contribution is -0.140. The highest BCUT2D eigenvalue weighted by atomic mass is 35.5. The van der Waals surface area contributed by atoms with E-state index in [1.807, 2.05) is 6.92 Å². The molecule has 3 rings (SSSR count). The highest BCUT2D eigenvalue weighted by Crippen LogP contribution is 2.38. The van der Waals surface area contributed by atoms with Crippen LogP contribution in [0, 0.1) is 5.92 Å². The summed E-state index contributed by atoms with van der Waals surface area (Å²) in [5.41, 5.74) is -0.345. The first-order valence-corrected chi connectivity index (χ1v) is 10.0. The number of rotatable bonds is 5. The van der Waals surface area contributed by atoms with Crippen LogP contribution in [0.2, 0.25) is 5.02 Å². The molecule has 1 heterocycles. The zero-order chi connectivity index (χ0) is 21.2. The smallest absolute Gasteiger partial charge is 0.325 e. The van der Waals surface area contributed by atoms with Crippen LogP contribution < -0.4 is 10.6 Å². The third-order valence-corrected chi connectivity index (χ3v) is 5.98. The third kappa shape index (κ3) is 4.37. The number of imide groups is 1. The summed E-state index contributed by atoms with van der Waals surface area (Å²) in [6.45, 7) is 1.37. The minimum absolute atomic E-state index is 0.0238. The molecule has 2 aliphatic rings. The molecule has 0 bridgehead atoms. The molecule has 1 aromatic carbocycles. The minimum atomic E-state index is -0.903. The van der Waals surface area contributed by atoms with Crippen LogP contribution in [0.3, 0.4) is 0 Å². The Kier molecular flexibility index (Phi) is 6.12. The molecule has 1 aliphatic carbocycles. The maximum absolute atomic E-state index is 12.9. The predicted octanol–water partition coefficient (Wildman–Crippen LogP) is 2.24. The molecule has 8 nitrogen and oxygen atoms in total. The Balaban J connectivity index is 1.57. The van der Waals surface area contributed by atoms with Crippen LogP contribution in [0.4, 0.5) is 10.5 Å². The number of anilines is 1. The number of carbonyl (C=O) groups is 4. The number of benzene rings is 1. The SMILES string of the molecule is C[C@H]1CCCC[C@@]12NC(=O)N(CC(=O)N(C)CC(=O)Nc1ccc(Cl)cc1)C2=O. The summed E-state index contributed by atoms with van der Waals surface area (Å²) in [7, 11) is 1.46. The van der Waals surface area contributed by atoms with Crippen LogP contribution in [-0.4, -0.2) is 59.2 Å². The van der Waals surface area contributed by atoms with Gasteiger partial charge in [-0.3, -0.25) is 19.3 Å². The molecule has 2 N–H and O–H groups in total. The number of halogens is 1. The molecule has 1 saturated heterocycles. The first-order chi connectivity index (χ1) is 13.7. The van der Waals surface area contributed by atoms with Gasteiger partial charge in [-0.2, -0.15) is 0 Å². The summed E-state index contributed by atoms with van der Waals surface area (Å²) >= 11 is 5.81. The van der Waals surface area contributed by atoms with Crippen LogP contribution in [0.1, 0.15) is 32.6 Å². The van der Waals surface area contributed by atoms with E-state index in [0.29, 0.717) is 17.1 Å². The maximum Gasteiger partial charge on any atom is 0.325 e. The van der Waals surface area contributed by atoms with Gasteiger partial charge in [0.2, 0.25) is 11.8 Å². The first-order valence-electron chi connectivity index (χ1n) is 9.66. The summed E-state index contributed by atoms with van der Waals surface area (Å²) in [6, 6.07) is 6.05.